The lowest BCUT2D eigenvalue weighted by molar-refractivity contribution is 0.569. The molecule has 0 amide bonds. The van der Waals surface area contributed by atoms with E-state index in [9.17, 15) is 4.57 Å². The van der Waals surface area contributed by atoms with E-state index in [1.807, 2.05) is 18.2 Å². The lowest BCUT2D eigenvalue weighted by atomic mass is 10.0. The van der Waals surface area contributed by atoms with Crippen LogP contribution in [-0.2, 0) is 4.57 Å². The van der Waals surface area contributed by atoms with Crippen molar-refractivity contribution in [3.8, 4) is 11.1 Å². The molecule has 0 heterocycles. The summed E-state index contributed by atoms with van der Waals surface area (Å²) in [4.78, 5) is 0. The second-order valence-corrected chi connectivity index (χ2v) is 10.2. The second-order valence-electron chi connectivity index (χ2n) is 6.28. The van der Waals surface area contributed by atoms with Gasteiger partial charge in [-0.15, -0.1) is 0 Å². The van der Waals surface area contributed by atoms with Crippen molar-refractivity contribution in [1.82, 2.24) is 0 Å². The lowest BCUT2D eigenvalue weighted by Crippen LogP contribution is -2.21. The summed E-state index contributed by atoms with van der Waals surface area (Å²) in [5.41, 5.74) is 3.75. The highest BCUT2D eigenvalue weighted by atomic mass is 31.2. The van der Waals surface area contributed by atoms with Gasteiger partial charge in [0.25, 0.3) is 0 Å². The smallest absolute Gasteiger partial charge is 0.121 e. The maximum atomic E-state index is 13.8. The summed E-state index contributed by atoms with van der Waals surface area (Å²) in [6.07, 6.45) is 0. The van der Waals surface area contributed by atoms with Crippen LogP contribution in [0.3, 0.4) is 0 Å². The first-order valence-corrected chi connectivity index (χ1v) is 9.48. The fraction of sp³-hybridized carbons (Fsp3) is 0.368. The highest BCUT2D eigenvalue weighted by molar-refractivity contribution is 7.73. The van der Waals surface area contributed by atoms with Gasteiger partial charge in [-0.2, -0.15) is 0 Å². The van der Waals surface area contributed by atoms with Crippen LogP contribution in [0.25, 0.3) is 11.1 Å². The molecule has 2 aromatic rings. The SMILES string of the molecule is Cc1ccc(-c2ccccc2)c(P(=O)(C(C)C)C(C)C)c1. The Kier molecular flexibility index (Phi) is 4.74. The molecule has 0 unspecified atom stereocenters. The Morgan fingerprint density at radius 1 is 0.857 bits per heavy atom. The van der Waals surface area contributed by atoms with Gasteiger partial charge in [-0.3, -0.25) is 0 Å². The highest BCUT2D eigenvalue weighted by Gasteiger charge is 2.34. The van der Waals surface area contributed by atoms with Gasteiger partial charge < -0.3 is 4.57 Å². The molecule has 0 atom stereocenters. The molecule has 0 aliphatic carbocycles. The van der Waals surface area contributed by atoms with Crippen LogP contribution >= 0.6 is 7.14 Å². The number of aryl methyl sites for hydroxylation is 1. The summed E-state index contributed by atoms with van der Waals surface area (Å²) in [6.45, 7) is 10.4. The maximum Gasteiger partial charge on any atom is 0.121 e. The fourth-order valence-electron chi connectivity index (χ4n) is 2.95. The third-order valence-corrected chi connectivity index (χ3v) is 8.34. The quantitative estimate of drug-likeness (QED) is 0.684. The molecule has 2 rings (SSSR count). The van der Waals surface area contributed by atoms with Crippen molar-refractivity contribution >= 4 is 12.4 Å². The Hall–Kier alpha value is -1.33. The van der Waals surface area contributed by atoms with E-state index in [1.165, 1.54) is 5.56 Å². The summed E-state index contributed by atoms with van der Waals surface area (Å²) in [5.74, 6) is 0. The fourth-order valence-corrected chi connectivity index (χ4v) is 6.24. The molecule has 21 heavy (non-hydrogen) atoms. The van der Waals surface area contributed by atoms with Gasteiger partial charge in [-0.25, -0.2) is 0 Å². The van der Waals surface area contributed by atoms with E-state index in [0.717, 1.165) is 16.4 Å². The Morgan fingerprint density at radius 2 is 1.43 bits per heavy atom. The van der Waals surface area contributed by atoms with Gasteiger partial charge in [0.2, 0.25) is 0 Å². The molecule has 1 nitrogen and oxygen atoms in total. The van der Waals surface area contributed by atoms with E-state index in [-0.39, 0.29) is 11.3 Å². The monoisotopic (exact) mass is 300 g/mol. The number of benzene rings is 2. The molecule has 0 spiro atoms. The Labute approximate surface area is 128 Å². The van der Waals surface area contributed by atoms with Gasteiger partial charge in [0.15, 0.2) is 0 Å². The minimum atomic E-state index is -2.45. The second kappa shape index (κ2) is 6.20. The number of hydrogen-bond acceptors (Lipinski definition) is 1. The van der Waals surface area contributed by atoms with Crippen molar-refractivity contribution < 1.29 is 4.57 Å². The minimum Gasteiger partial charge on any atom is -0.318 e. The van der Waals surface area contributed by atoms with Gasteiger partial charge in [-0.05, 0) is 24.1 Å². The average Bonchev–Trinajstić information content (AvgIpc) is 2.46. The normalized spacial score (nSPS) is 12.1. The van der Waals surface area contributed by atoms with Crippen LogP contribution in [0, 0.1) is 6.92 Å². The third-order valence-electron chi connectivity index (χ3n) is 4.15. The first kappa shape index (κ1) is 16.0. The molecule has 112 valence electrons. The summed E-state index contributed by atoms with van der Waals surface area (Å²) in [7, 11) is -2.45. The van der Waals surface area contributed by atoms with E-state index in [2.05, 4.69) is 65.0 Å². The molecule has 0 bridgehead atoms. The van der Waals surface area contributed by atoms with Crippen molar-refractivity contribution in [2.24, 2.45) is 0 Å². The largest absolute Gasteiger partial charge is 0.318 e. The zero-order valence-corrected chi connectivity index (χ0v) is 14.5. The first-order chi connectivity index (χ1) is 9.87. The van der Waals surface area contributed by atoms with Crippen LogP contribution < -0.4 is 5.30 Å². The Balaban J connectivity index is 2.74. The van der Waals surface area contributed by atoms with Crippen molar-refractivity contribution in [3.05, 3.63) is 54.1 Å². The lowest BCUT2D eigenvalue weighted by Gasteiger charge is -2.29. The molecule has 0 saturated heterocycles. The molecule has 0 N–H and O–H groups in total. The van der Waals surface area contributed by atoms with E-state index in [1.54, 1.807) is 0 Å². The van der Waals surface area contributed by atoms with Crippen LogP contribution in [0.15, 0.2) is 48.5 Å². The predicted octanol–water partition coefficient (Wildman–Crippen LogP) is 5.47. The van der Waals surface area contributed by atoms with Crippen molar-refractivity contribution in [2.75, 3.05) is 0 Å². The minimum absolute atomic E-state index is 0.154. The topological polar surface area (TPSA) is 17.1 Å². The van der Waals surface area contributed by atoms with Gasteiger partial charge in [0, 0.05) is 16.6 Å². The van der Waals surface area contributed by atoms with Gasteiger partial charge in [0.1, 0.15) is 7.14 Å². The van der Waals surface area contributed by atoms with E-state index in [0.29, 0.717) is 0 Å². The van der Waals surface area contributed by atoms with Crippen LogP contribution in [-0.4, -0.2) is 11.3 Å². The van der Waals surface area contributed by atoms with Crippen molar-refractivity contribution in [1.29, 1.82) is 0 Å². The van der Waals surface area contributed by atoms with E-state index < -0.39 is 7.14 Å². The highest BCUT2D eigenvalue weighted by Crippen LogP contribution is 2.55. The van der Waals surface area contributed by atoms with Gasteiger partial charge in [0.05, 0.1) is 0 Å². The average molecular weight is 300 g/mol. The van der Waals surface area contributed by atoms with Crippen LogP contribution in [0.2, 0.25) is 0 Å². The third kappa shape index (κ3) is 2.99. The van der Waals surface area contributed by atoms with Crippen LogP contribution in [0.4, 0.5) is 0 Å². The molecule has 2 aromatic carbocycles. The van der Waals surface area contributed by atoms with Crippen molar-refractivity contribution in [2.45, 2.75) is 45.9 Å². The molecule has 0 radical (unpaired) electrons. The molecule has 0 fully saturated rings. The van der Waals surface area contributed by atoms with Gasteiger partial charge in [-0.1, -0.05) is 75.7 Å². The summed E-state index contributed by atoms with van der Waals surface area (Å²) < 4.78 is 13.8. The summed E-state index contributed by atoms with van der Waals surface area (Å²) in [6, 6.07) is 16.6. The summed E-state index contributed by atoms with van der Waals surface area (Å²) >= 11 is 0. The zero-order chi connectivity index (χ0) is 15.6. The number of hydrogen-bond donors (Lipinski definition) is 0. The molecule has 0 aliphatic rings. The van der Waals surface area contributed by atoms with Crippen LogP contribution in [0.5, 0.6) is 0 Å². The maximum absolute atomic E-state index is 13.8. The van der Waals surface area contributed by atoms with Crippen LogP contribution in [0.1, 0.15) is 33.3 Å². The van der Waals surface area contributed by atoms with Gasteiger partial charge >= 0.3 is 0 Å². The molecule has 0 aliphatic heterocycles. The Morgan fingerprint density at radius 3 is 1.95 bits per heavy atom. The summed E-state index contributed by atoms with van der Waals surface area (Å²) in [5, 5.41) is 1.04. The molecule has 0 aromatic heterocycles. The van der Waals surface area contributed by atoms with E-state index >= 15 is 0 Å². The van der Waals surface area contributed by atoms with Crippen molar-refractivity contribution in [3.63, 3.8) is 0 Å². The standard InChI is InChI=1S/C19H25OP/c1-14(2)21(20,15(3)4)19-13-16(5)11-12-18(19)17-9-7-6-8-10-17/h6-15H,1-5H3. The predicted molar refractivity (Wildman–Crippen MR) is 94.1 cm³/mol. The molecular formula is C19H25OP. The zero-order valence-electron chi connectivity index (χ0n) is 13.6. The van der Waals surface area contributed by atoms with E-state index in [4.69, 9.17) is 0 Å². The molecule has 2 heteroatoms. The molecular weight excluding hydrogens is 275 g/mol. The first-order valence-electron chi connectivity index (χ1n) is 7.63. The molecule has 0 saturated carbocycles. The Bertz CT molecular complexity index is 645. The number of rotatable bonds is 4.